The van der Waals surface area contributed by atoms with E-state index in [4.69, 9.17) is 0 Å². The van der Waals surface area contributed by atoms with Crippen LogP contribution in [0.15, 0.2) is 17.0 Å². The van der Waals surface area contributed by atoms with Gasteiger partial charge >= 0.3 is 0 Å². The molecule has 6 heteroatoms. The van der Waals surface area contributed by atoms with Gasteiger partial charge in [0.25, 0.3) is 0 Å². The number of sulfonamides is 1. The zero-order valence-electron chi connectivity index (χ0n) is 17.0. The number of hydrogen-bond donors (Lipinski definition) is 1. The lowest BCUT2D eigenvalue weighted by atomic mass is 9.76. The maximum atomic E-state index is 13.2. The average Bonchev–Trinajstić information content (AvgIpc) is 2.89. The van der Waals surface area contributed by atoms with Gasteiger partial charge in [0, 0.05) is 41.7 Å². The quantitative estimate of drug-likeness (QED) is 0.792. The van der Waals surface area contributed by atoms with E-state index in [-0.39, 0.29) is 11.2 Å². The van der Waals surface area contributed by atoms with Gasteiger partial charge in [-0.25, -0.2) is 8.42 Å². The number of hydrogen-bond acceptors (Lipinski definition) is 3. The van der Waals surface area contributed by atoms with E-state index < -0.39 is 10.0 Å². The molecule has 2 aromatic rings. The van der Waals surface area contributed by atoms with Gasteiger partial charge in [-0.15, -0.1) is 0 Å². The molecule has 1 aromatic heterocycles. The van der Waals surface area contributed by atoms with Crippen LogP contribution < -0.4 is 0 Å². The summed E-state index contributed by atoms with van der Waals surface area (Å²) in [5, 5.41) is 0.847. The largest absolute Gasteiger partial charge is 0.358 e. The number of aryl methyl sites for hydroxylation is 1. The second-order valence-electron chi connectivity index (χ2n) is 8.49. The Bertz CT molecular complexity index is 981. The maximum absolute atomic E-state index is 13.2. The molecule has 0 atom stereocenters. The summed E-state index contributed by atoms with van der Waals surface area (Å²) in [4.78, 5) is 16.4. The lowest BCUT2D eigenvalue weighted by Gasteiger charge is -2.28. The van der Waals surface area contributed by atoms with E-state index in [0.717, 1.165) is 41.4 Å². The lowest BCUT2D eigenvalue weighted by molar-refractivity contribution is 0.0913. The number of carbonyl (C=O) groups excluding carboxylic acids is 1. The Morgan fingerprint density at radius 2 is 1.74 bits per heavy atom. The molecule has 5 nitrogen and oxygen atoms in total. The average molecular weight is 391 g/mol. The van der Waals surface area contributed by atoms with Crippen LogP contribution in [0.2, 0.25) is 0 Å². The molecule has 27 heavy (non-hydrogen) atoms. The van der Waals surface area contributed by atoms with Gasteiger partial charge < -0.3 is 4.98 Å². The minimum absolute atomic E-state index is 0.0754. The van der Waals surface area contributed by atoms with E-state index in [0.29, 0.717) is 30.0 Å². The molecule has 0 fully saturated rings. The number of nitrogens with one attached hydrogen (secondary N) is 1. The highest BCUT2D eigenvalue weighted by atomic mass is 32.2. The molecular formula is C21H30N2O3S. The van der Waals surface area contributed by atoms with Crippen molar-refractivity contribution in [3.63, 3.8) is 0 Å². The van der Waals surface area contributed by atoms with Gasteiger partial charge in [0.2, 0.25) is 10.0 Å². The molecule has 1 aliphatic carbocycles. The predicted molar refractivity (Wildman–Crippen MR) is 109 cm³/mol. The van der Waals surface area contributed by atoms with Crippen molar-refractivity contribution in [3.05, 3.63) is 29.0 Å². The number of benzene rings is 1. The molecule has 1 aliphatic rings. The molecule has 1 aromatic carbocycles. The summed E-state index contributed by atoms with van der Waals surface area (Å²) in [5.41, 5.74) is 3.03. The van der Waals surface area contributed by atoms with Crippen LogP contribution in [0.1, 0.15) is 68.6 Å². The minimum Gasteiger partial charge on any atom is -0.358 e. The van der Waals surface area contributed by atoms with Crippen molar-refractivity contribution in [2.75, 3.05) is 13.1 Å². The second kappa shape index (κ2) is 7.06. The monoisotopic (exact) mass is 390 g/mol. The molecule has 1 heterocycles. The van der Waals surface area contributed by atoms with E-state index >= 15 is 0 Å². The summed E-state index contributed by atoms with van der Waals surface area (Å²) in [6.07, 6.45) is 2.87. The summed E-state index contributed by atoms with van der Waals surface area (Å²) in [7, 11) is -3.56. The maximum Gasteiger partial charge on any atom is 0.243 e. The van der Waals surface area contributed by atoms with Crippen LogP contribution in [0.4, 0.5) is 0 Å². The van der Waals surface area contributed by atoms with Crippen LogP contribution in [0.25, 0.3) is 10.9 Å². The molecule has 0 unspecified atom stereocenters. The molecule has 0 spiro atoms. The van der Waals surface area contributed by atoms with E-state index in [9.17, 15) is 13.2 Å². The Kier molecular flexibility index (Phi) is 5.25. The molecule has 0 radical (unpaired) electrons. The molecule has 0 aliphatic heterocycles. The molecule has 0 bridgehead atoms. The topological polar surface area (TPSA) is 70.2 Å². The molecule has 1 N–H and O–H groups in total. The van der Waals surface area contributed by atoms with E-state index in [1.165, 1.54) is 0 Å². The van der Waals surface area contributed by atoms with E-state index in [2.05, 4.69) is 18.8 Å². The van der Waals surface area contributed by atoms with Gasteiger partial charge in [0.1, 0.15) is 0 Å². The molecule has 0 saturated heterocycles. The molecule has 3 rings (SSSR count). The Balaban J connectivity index is 2.15. The van der Waals surface area contributed by atoms with Gasteiger partial charge in [-0.2, -0.15) is 4.31 Å². The van der Waals surface area contributed by atoms with Crippen LogP contribution in [0, 0.1) is 12.3 Å². The first-order valence-corrected chi connectivity index (χ1v) is 11.2. The fourth-order valence-corrected chi connectivity index (χ4v) is 6.03. The van der Waals surface area contributed by atoms with Crippen molar-refractivity contribution in [3.8, 4) is 0 Å². The first kappa shape index (κ1) is 20.1. The van der Waals surface area contributed by atoms with Crippen molar-refractivity contribution >= 4 is 26.7 Å². The molecule has 0 amide bonds. The molecule has 0 saturated carbocycles. The zero-order chi connectivity index (χ0) is 20.0. The van der Waals surface area contributed by atoms with Gasteiger partial charge in [0.05, 0.1) is 4.90 Å². The highest BCUT2D eigenvalue weighted by Crippen LogP contribution is 2.39. The summed E-state index contributed by atoms with van der Waals surface area (Å²) in [6.45, 7) is 11.0. The number of Topliss-reactive ketones (excluding diaryl/α,β-unsaturated/α-hetero) is 1. The van der Waals surface area contributed by atoms with Crippen molar-refractivity contribution in [2.45, 2.75) is 65.2 Å². The summed E-state index contributed by atoms with van der Waals surface area (Å²) >= 11 is 0. The lowest BCUT2D eigenvalue weighted by Crippen LogP contribution is -2.33. The minimum atomic E-state index is -3.56. The fraction of sp³-hybridized carbons (Fsp3) is 0.571. The highest BCUT2D eigenvalue weighted by Gasteiger charge is 2.34. The third kappa shape index (κ3) is 3.57. The number of H-pyrrole nitrogens is 1. The molecular weight excluding hydrogens is 360 g/mol. The summed E-state index contributed by atoms with van der Waals surface area (Å²) in [5.74, 6) is 0.140. The number of rotatable bonds is 6. The number of nitrogens with zero attached hydrogens (tertiary/aromatic N) is 1. The van der Waals surface area contributed by atoms with E-state index in [1.807, 2.05) is 26.8 Å². The second-order valence-corrected chi connectivity index (χ2v) is 10.4. The van der Waals surface area contributed by atoms with Gasteiger partial charge in [-0.05, 0) is 49.3 Å². The van der Waals surface area contributed by atoms with Crippen molar-refractivity contribution in [1.82, 2.24) is 9.29 Å². The standard InChI is InChI=1S/C21H30N2O3S/c1-6-8-23(9-7-2)27(25,26)19-11-16-15(10-14(19)3)20-17(22-16)12-21(4,5)13-18(20)24/h10-11,22H,6-9,12-13H2,1-5H3. The fourth-order valence-electron chi connectivity index (χ4n) is 4.17. The van der Waals surface area contributed by atoms with Crippen LogP contribution in [0.5, 0.6) is 0 Å². The van der Waals surface area contributed by atoms with Crippen LogP contribution in [-0.2, 0) is 16.4 Å². The van der Waals surface area contributed by atoms with Crippen LogP contribution in [0.3, 0.4) is 0 Å². The third-order valence-electron chi connectivity index (χ3n) is 5.31. The number of aromatic nitrogens is 1. The zero-order valence-corrected chi connectivity index (χ0v) is 17.8. The SMILES string of the molecule is CCCN(CCC)S(=O)(=O)c1cc2[nH]c3c(c2cc1C)C(=O)CC(C)(C)C3. The summed E-state index contributed by atoms with van der Waals surface area (Å²) < 4.78 is 28.0. The molecule has 148 valence electrons. The first-order chi connectivity index (χ1) is 12.6. The number of aromatic amines is 1. The van der Waals surface area contributed by atoms with Crippen LogP contribution in [-0.4, -0.2) is 36.6 Å². The normalized spacial score (nSPS) is 16.9. The smallest absolute Gasteiger partial charge is 0.243 e. The van der Waals surface area contributed by atoms with Crippen molar-refractivity contribution in [1.29, 1.82) is 0 Å². The van der Waals surface area contributed by atoms with Gasteiger partial charge in [0.15, 0.2) is 5.78 Å². The Morgan fingerprint density at radius 1 is 1.11 bits per heavy atom. The Morgan fingerprint density at radius 3 is 2.33 bits per heavy atom. The van der Waals surface area contributed by atoms with Crippen LogP contribution >= 0.6 is 0 Å². The Labute approximate surface area is 162 Å². The van der Waals surface area contributed by atoms with Crippen molar-refractivity contribution in [2.24, 2.45) is 5.41 Å². The Hall–Kier alpha value is -1.66. The third-order valence-corrected chi connectivity index (χ3v) is 7.35. The van der Waals surface area contributed by atoms with Crippen molar-refractivity contribution < 1.29 is 13.2 Å². The van der Waals surface area contributed by atoms with E-state index in [1.54, 1.807) is 10.4 Å². The first-order valence-electron chi connectivity index (χ1n) is 9.79. The number of fused-ring (bicyclic) bond motifs is 3. The van der Waals surface area contributed by atoms with Gasteiger partial charge in [-0.3, -0.25) is 4.79 Å². The van der Waals surface area contributed by atoms with Gasteiger partial charge in [-0.1, -0.05) is 27.7 Å². The predicted octanol–water partition coefficient (Wildman–Crippen LogP) is 4.44. The number of carbonyl (C=O) groups is 1. The summed E-state index contributed by atoms with van der Waals surface area (Å²) in [6, 6.07) is 3.58. The highest BCUT2D eigenvalue weighted by molar-refractivity contribution is 7.89. The number of ketones is 1.